The van der Waals surface area contributed by atoms with Gasteiger partial charge in [0.2, 0.25) is 10.0 Å². The van der Waals surface area contributed by atoms with Crippen molar-refractivity contribution in [1.29, 1.82) is 0 Å². The number of nitrogens with zero attached hydrogens (tertiary/aromatic N) is 1. The molecule has 1 aliphatic rings. The molecule has 0 radical (unpaired) electrons. The van der Waals surface area contributed by atoms with Crippen molar-refractivity contribution < 1.29 is 13.2 Å². The Morgan fingerprint density at radius 2 is 2.11 bits per heavy atom. The van der Waals surface area contributed by atoms with Crippen LogP contribution in [0.25, 0.3) is 0 Å². The molecule has 1 aromatic carbocycles. The lowest BCUT2D eigenvalue weighted by Crippen LogP contribution is -2.52. The minimum absolute atomic E-state index is 0.174. The zero-order valence-corrected chi connectivity index (χ0v) is 12.1. The molecule has 5 nitrogen and oxygen atoms in total. The largest absolute Gasteiger partial charge is 0.374 e. The summed E-state index contributed by atoms with van der Waals surface area (Å²) < 4.78 is 32.4. The maximum absolute atomic E-state index is 12.7. The summed E-state index contributed by atoms with van der Waals surface area (Å²) in [6.07, 6.45) is -0.227. The lowest BCUT2D eigenvalue weighted by Gasteiger charge is -2.36. The molecule has 0 amide bonds. The molecule has 1 aromatic rings. The first kappa shape index (κ1) is 14.5. The molecular formula is C13H20N2O3S. The molecule has 0 aromatic heterocycles. The second-order valence-electron chi connectivity index (χ2n) is 4.88. The van der Waals surface area contributed by atoms with Gasteiger partial charge in [-0.05, 0) is 25.5 Å². The maximum atomic E-state index is 12.7. The molecule has 19 heavy (non-hydrogen) atoms. The van der Waals surface area contributed by atoms with Gasteiger partial charge in [-0.1, -0.05) is 18.2 Å². The summed E-state index contributed by atoms with van der Waals surface area (Å²) in [5.74, 6) is 0. The van der Waals surface area contributed by atoms with Crippen molar-refractivity contribution in [3.8, 4) is 0 Å². The summed E-state index contributed by atoms with van der Waals surface area (Å²) in [7, 11) is -3.49. The molecule has 1 aliphatic heterocycles. The third-order valence-electron chi connectivity index (χ3n) is 3.39. The van der Waals surface area contributed by atoms with Gasteiger partial charge in [0.25, 0.3) is 0 Å². The van der Waals surface area contributed by atoms with E-state index in [0.29, 0.717) is 24.6 Å². The van der Waals surface area contributed by atoms with Crippen molar-refractivity contribution in [2.75, 3.05) is 19.7 Å². The average Bonchev–Trinajstić information content (AvgIpc) is 2.39. The van der Waals surface area contributed by atoms with E-state index >= 15 is 0 Å². The van der Waals surface area contributed by atoms with Crippen molar-refractivity contribution in [2.24, 2.45) is 5.73 Å². The number of benzene rings is 1. The van der Waals surface area contributed by atoms with E-state index in [2.05, 4.69) is 0 Å². The van der Waals surface area contributed by atoms with Gasteiger partial charge in [-0.25, -0.2) is 8.42 Å². The van der Waals surface area contributed by atoms with E-state index in [1.54, 1.807) is 25.1 Å². The van der Waals surface area contributed by atoms with Crippen LogP contribution in [0.1, 0.15) is 12.5 Å². The van der Waals surface area contributed by atoms with Gasteiger partial charge < -0.3 is 10.5 Å². The third kappa shape index (κ3) is 2.81. The minimum Gasteiger partial charge on any atom is -0.374 e. The predicted molar refractivity (Wildman–Crippen MR) is 73.3 cm³/mol. The molecule has 2 N–H and O–H groups in total. The summed E-state index contributed by atoms with van der Waals surface area (Å²) in [5.41, 5.74) is 6.33. The van der Waals surface area contributed by atoms with Crippen LogP contribution in [0, 0.1) is 6.92 Å². The minimum atomic E-state index is -3.49. The maximum Gasteiger partial charge on any atom is 0.243 e. The Kier molecular flexibility index (Phi) is 4.25. The first-order valence-electron chi connectivity index (χ1n) is 6.36. The van der Waals surface area contributed by atoms with E-state index < -0.39 is 10.0 Å². The van der Waals surface area contributed by atoms with E-state index in [1.165, 1.54) is 4.31 Å². The molecule has 6 heteroatoms. The number of nitrogens with two attached hydrogens (primary N) is 1. The van der Waals surface area contributed by atoms with E-state index in [1.807, 2.05) is 13.0 Å². The van der Waals surface area contributed by atoms with Gasteiger partial charge in [0.05, 0.1) is 17.6 Å². The molecule has 106 valence electrons. The second kappa shape index (κ2) is 5.58. The van der Waals surface area contributed by atoms with Crippen LogP contribution in [0.5, 0.6) is 0 Å². The highest BCUT2D eigenvalue weighted by Crippen LogP contribution is 2.24. The Bertz CT molecular complexity index is 545. The lowest BCUT2D eigenvalue weighted by atomic mass is 10.2. The van der Waals surface area contributed by atoms with Crippen LogP contribution in [-0.4, -0.2) is 44.6 Å². The highest BCUT2D eigenvalue weighted by molar-refractivity contribution is 7.89. The van der Waals surface area contributed by atoms with Crippen LogP contribution in [0.2, 0.25) is 0 Å². The summed E-state index contributed by atoms with van der Waals surface area (Å²) >= 11 is 0. The fraction of sp³-hybridized carbons (Fsp3) is 0.538. The smallest absolute Gasteiger partial charge is 0.243 e. The topological polar surface area (TPSA) is 72.6 Å². The van der Waals surface area contributed by atoms with Crippen LogP contribution in [0.3, 0.4) is 0 Å². The summed E-state index contributed by atoms with van der Waals surface area (Å²) in [6.45, 7) is 4.68. The zero-order valence-electron chi connectivity index (χ0n) is 11.2. The highest BCUT2D eigenvalue weighted by atomic mass is 32.2. The molecule has 2 rings (SSSR count). The number of hydrogen-bond acceptors (Lipinski definition) is 4. The Balaban J connectivity index is 2.36. The monoisotopic (exact) mass is 284 g/mol. The quantitative estimate of drug-likeness (QED) is 0.888. The van der Waals surface area contributed by atoms with Gasteiger partial charge in [0.1, 0.15) is 0 Å². The van der Waals surface area contributed by atoms with E-state index in [0.717, 1.165) is 5.56 Å². The molecule has 1 heterocycles. The molecule has 0 aliphatic carbocycles. The molecular weight excluding hydrogens is 264 g/mol. The number of rotatable bonds is 3. The number of sulfonamides is 1. The standard InChI is InChI=1S/C13H20N2O3S/c1-10-5-3-4-6-13(10)19(16,17)15-8-12(7-14)18-9-11(15)2/h3-6,11-12H,7-9,14H2,1-2H3. The second-order valence-corrected chi connectivity index (χ2v) is 6.74. The van der Waals surface area contributed by atoms with Crippen LogP contribution < -0.4 is 5.73 Å². The summed E-state index contributed by atoms with van der Waals surface area (Å²) in [4.78, 5) is 0.361. The first-order valence-corrected chi connectivity index (χ1v) is 7.80. The third-order valence-corrected chi connectivity index (χ3v) is 5.53. The van der Waals surface area contributed by atoms with Crippen LogP contribution in [-0.2, 0) is 14.8 Å². The van der Waals surface area contributed by atoms with Gasteiger partial charge in [-0.2, -0.15) is 4.31 Å². The number of morpholine rings is 1. The van der Waals surface area contributed by atoms with Gasteiger partial charge >= 0.3 is 0 Å². The highest BCUT2D eigenvalue weighted by Gasteiger charge is 2.35. The van der Waals surface area contributed by atoms with Crippen molar-refractivity contribution in [3.05, 3.63) is 29.8 Å². The average molecular weight is 284 g/mol. The SMILES string of the molecule is Cc1ccccc1S(=O)(=O)N1CC(CN)OCC1C. The fourth-order valence-electron chi connectivity index (χ4n) is 2.24. The van der Waals surface area contributed by atoms with E-state index in [4.69, 9.17) is 10.5 Å². The predicted octanol–water partition coefficient (Wildman–Crippen LogP) is 0.732. The molecule has 1 saturated heterocycles. The fourth-order valence-corrected chi connectivity index (χ4v) is 4.12. The molecule has 0 bridgehead atoms. The molecule has 0 saturated carbocycles. The van der Waals surface area contributed by atoms with Gasteiger partial charge in [0.15, 0.2) is 0 Å². The van der Waals surface area contributed by atoms with Crippen molar-refractivity contribution >= 4 is 10.0 Å². The van der Waals surface area contributed by atoms with Crippen LogP contribution in [0.4, 0.5) is 0 Å². The Labute approximate surface area is 114 Å². The zero-order chi connectivity index (χ0) is 14.0. The van der Waals surface area contributed by atoms with Crippen molar-refractivity contribution in [2.45, 2.75) is 30.9 Å². The van der Waals surface area contributed by atoms with E-state index in [-0.39, 0.29) is 12.1 Å². The number of hydrogen-bond donors (Lipinski definition) is 1. The van der Waals surface area contributed by atoms with Gasteiger partial charge in [-0.3, -0.25) is 0 Å². The van der Waals surface area contributed by atoms with Crippen molar-refractivity contribution in [3.63, 3.8) is 0 Å². The van der Waals surface area contributed by atoms with Crippen LogP contribution in [0.15, 0.2) is 29.2 Å². The number of aryl methyl sites for hydroxylation is 1. The van der Waals surface area contributed by atoms with Crippen LogP contribution >= 0.6 is 0 Å². The van der Waals surface area contributed by atoms with Gasteiger partial charge in [0, 0.05) is 19.1 Å². The molecule has 2 atom stereocenters. The Morgan fingerprint density at radius 3 is 2.74 bits per heavy atom. The molecule has 0 spiro atoms. The molecule has 1 fully saturated rings. The van der Waals surface area contributed by atoms with Gasteiger partial charge in [-0.15, -0.1) is 0 Å². The summed E-state index contributed by atoms with van der Waals surface area (Å²) in [5, 5.41) is 0. The normalized spacial score (nSPS) is 25.4. The van der Waals surface area contributed by atoms with Crippen molar-refractivity contribution in [1.82, 2.24) is 4.31 Å². The molecule has 2 unspecified atom stereocenters. The first-order chi connectivity index (χ1) is 8.96. The van der Waals surface area contributed by atoms with E-state index in [9.17, 15) is 8.42 Å². The Hall–Kier alpha value is -0.950. The summed E-state index contributed by atoms with van der Waals surface area (Å²) in [6, 6.07) is 6.85. The Morgan fingerprint density at radius 1 is 1.42 bits per heavy atom. The lowest BCUT2D eigenvalue weighted by molar-refractivity contribution is -0.0219. The number of ether oxygens (including phenoxy) is 1.